The molecular weight excluding hydrogens is 304 g/mol. The van der Waals surface area contributed by atoms with Gasteiger partial charge in [-0.25, -0.2) is 13.1 Å². The van der Waals surface area contributed by atoms with E-state index in [2.05, 4.69) is 22.2 Å². The van der Waals surface area contributed by atoms with Gasteiger partial charge in [0.25, 0.3) is 0 Å². The van der Waals surface area contributed by atoms with Gasteiger partial charge in [-0.3, -0.25) is 0 Å². The number of hydrogen-bond donors (Lipinski definition) is 2. The maximum atomic E-state index is 12.4. The Bertz CT molecular complexity index is 713. The normalized spacial score (nSPS) is 15.3. The molecule has 21 heavy (non-hydrogen) atoms. The average molecular weight is 322 g/mol. The summed E-state index contributed by atoms with van der Waals surface area (Å²) < 4.78 is 28.1. The van der Waals surface area contributed by atoms with Crippen molar-refractivity contribution in [2.75, 3.05) is 7.05 Å². The molecule has 0 saturated heterocycles. The highest BCUT2D eigenvalue weighted by Gasteiger charge is 2.27. The molecule has 0 atom stereocenters. The fraction of sp³-hybridized carbons (Fsp3) is 0.333. The number of benzene rings is 1. The molecule has 2 N–H and O–H groups in total. The van der Waals surface area contributed by atoms with Crippen molar-refractivity contribution in [2.24, 2.45) is 0 Å². The summed E-state index contributed by atoms with van der Waals surface area (Å²) >= 11 is 1.27. The third kappa shape index (κ3) is 3.18. The average Bonchev–Trinajstić information content (AvgIpc) is 3.04. The first-order chi connectivity index (χ1) is 10.1. The summed E-state index contributed by atoms with van der Waals surface area (Å²) in [4.78, 5) is 0. The summed E-state index contributed by atoms with van der Waals surface area (Å²) in [6.45, 7) is 0.681. The van der Waals surface area contributed by atoms with E-state index in [9.17, 15) is 8.42 Å². The Morgan fingerprint density at radius 1 is 1.24 bits per heavy atom. The molecule has 4 nitrogen and oxygen atoms in total. The van der Waals surface area contributed by atoms with Gasteiger partial charge in [-0.2, -0.15) is 0 Å². The predicted octanol–water partition coefficient (Wildman–Crippen LogP) is 1.91. The lowest BCUT2D eigenvalue weighted by Gasteiger charge is -2.11. The molecule has 1 heterocycles. The van der Waals surface area contributed by atoms with Crippen molar-refractivity contribution in [2.45, 2.75) is 29.6 Å². The molecule has 0 aliphatic heterocycles. The molecule has 112 valence electrons. The molecule has 3 rings (SSSR count). The van der Waals surface area contributed by atoms with Gasteiger partial charge in [-0.1, -0.05) is 24.3 Å². The lowest BCUT2D eigenvalue weighted by Crippen LogP contribution is -2.34. The van der Waals surface area contributed by atoms with Crippen molar-refractivity contribution in [3.63, 3.8) is 0 Å². The summed E-state index contributed by atoms with van der Waals surface area (Å²) in [6.07, 6.45) is 1.54. The molecule has 0 unspecified atom stereocenters. The van der Waals surface area contributed by atoms with Crippen molar-refractivity contribution in [3.05, 3.63) is 52.4 Å². The first kappa shape index (κ1) is 14.7. The number of thiophene rings is 1. The second kappa shape index (κ2) is 5.88. The van der Waals surface area contributed by atoms with E-state index in [1.54, 1.807) is 6.07 Å². The molecule has 0 spiro atoms. The largest absolute Gasteiger partial charge is 0.316 e. The molecule has 0 bridgehead atoms. The molecule has 1 aromatic carbocycles. The fourth-order valence-electron chi connectivity index (χ4n) is 2.71. The monoisotopic (exact) mass is 322 g/mol. The van der Waals surface area contributed by atoms with Crippen LogP contribution in [0.3, 0.4) is 0 Å². The third-order valence-electron chi connectivity index (χ3n) is 3.65. The number of fused-ring (bicyclic) bond motifs is 1. The van der Waals surface area contributed by atoms with Crippen molar-refractivity contribution >= 4 is 21.4 Å². The van der Waals surface area contributed by atoms with Crippen LogP contribution >= 0.6 is 11.3 Å². The molecule has 1 aromatic heterocycles. The summed E-state index contributed by atoms with van der Waals surface area (Å²) in [7, 11) is -1.57. The van der Waals surface area contributed by atoms with Crippen LogP contribution in [-0.2, 0) is 29.4 Å². The van der Waals surface area contributed by atoms with Gasteiger partial charge in [0.2, 0.25) is 10.0 Å². The first-order valence-electron chi connectivity index (χ1n) is 6.89. The molecular formula is C15H18N2O2S2. The van der Waals surface area contributed by atoms with E-state index in [1.807, 2.05) is 24.6 Å². The van der Waals surface area contributed by atoms with Crippen LogP contribution in [-0.4, -0.2) is 21.5 Å². The van der Waals surface area contributed by atoms with E-state index in [0.717, 1.165) is 18.4 Å². The van der Waals surface area contributed by atoms with Crippen LogP contribution < -0.4 is 10.0 Å². The number of hydrogen-bond acceptors (Lipinski definition) is 4. The summed E-state index contributed by atoms with van der Waals surface area (Å²) in [5, 5.41) is 4.91. The fourth-order valence-corrected chi connectivity index (χ4v) is 5.17. The van der Waals surface area contributed by atoms with E-state index >= 15 is 0 Å². The highest BCUT2D eigenvalue weighted by atomic mass is 32.2. The van der Waals surface area contributed by atoms with E-state index in [4.69, 9.17) is 0 Å². The Morgan fingerprint density at radius 2 is 1.90 bits per heavy atom. The zero-order valence-electron chi connectivity index (χ0n) is 11.8. The highest BCUT2D eigenvalue weighted by molar-refractivity contribution is 7.91. The van der Waals surface area contributed by atoms with Gasteiger partial charge in [-0.05, 0) is 48.0 Å². The van der Waals surface area contributed by atoms with E-state index in [1.165, 1.54) is 22.5 Å². The van der Waals surface area contributed by atoms with Crippen LogP contribution in [0.4, 0.5) is 0 Å². The van der Waals surface area contributed by atoms with Crippen LogP contribution in [0.2, 0.25) is 0 Å². The Hall–Kier alpha value is -1.21. The number of nitrogens with one attached hydrogen (secondary N) is 2. The predicted molar refractivity (Wildman–Crippen MR) is 85.0 cm³/mol. The van der Waals surface area contributed by atoms with Gasteiger partial charge < -0.3 is 5.32 Å². The van der Waals surface area contributed by atoms with Crippen LogP contribution in [0, 0.1) is 0 Å². The molecule has 0 radical (unpaired) electrons. The Morgan fingerprint density at radius 3 is 2.52 bits per heavy atom. The van der Waals surface area contributed by atoms with Crippen molar-refractivity contribution in [1.29, 1.82) is 0 Å². The minimum Gasteiger partial charge on any atom is -0.316 e. The van der Waals surface area contributed by atoms with Crippen LogP contribution in [0.15, 0.2) is 39.9 Å². The van der Waals surface area contributed by atoms with Crippen LogP contribution in [0.5, 0.6) is 0 Å². The molecule has 1 aliphatic carbocycles. The lowest BCUT2D eigenvalue weighted by molar-refractivity contribution is 0.557. The summed E-state index contributed by atoms with van der Waals surface area (Å²) in [5.41, 5.74) is 3.48. The maximum Gasteiger partial charge on any atom is 0.250 e. The van der Waals surface area contributed by atoms with Crippen molar-refractivity contribution in [3.8, 4) is 0 Å². The summed E-state index contributed by atoms with van der Waals surface area (Å²) in [5.74, 6) is 0. The Labute approximate surface area is 129 Å². The minimum atomic E-state index is -3.42. The first-order valence-corrected chi connectivity index (χ1v) is 9.26. The van der Waals surface area contributed by atoms with Gasteiger partial charge in [0.05, 0.1) is 0 Å². The van der Waals surface area contributed by atoms with Gasteiger partial charge in [-0.15, -0.1) is 11.3 Å². The molecule has 6 heteroatoms. The smallest absolute Gasteiger partial charge is 0.250 e. The van der Waals surface area contributed by atoms with E-state index in [0.29, 0.717) is 10.8 Å². The molecule has 0 amide bonds. The minimum absolute atomic E-state index is 0.0396. The van der Waals surface area contributed by atoms with Gasteiger partial charge in [0, 0.05) is 12.6 Å². The Kier molecular flexibility index (Phi) is 4.12. The second-order valence-corrected chi connectivity index (χ2v) is 8.15. The quantitative estimate of drug-likeness (QED) is 0.884. The standard InChI is InChI=1S/C15H18N2O2S2/c1-16-9-11-6-15(20-10-11)21(18,19)17-14-7-12-4-2-3-5-13(12)8-14/h2-6,10,14,16-17H,7-9H2,1H3. The molecule has 0 saturated carbocycles. The topological polar surface area (TPSA) is 58.2 Å². The second-order valence-electron chi connectivity index (χ2n) is 5.30. The number of sulfonamides is 1. The molecule has 1 aliphatic rings. The Balaban J connectivity index is 1.72. The SMILES string of the molecule is CNCc1csc(S(=O)(=O)NC2Cc3ccccc3C2)c1. The van der Waals surface area contributed by atoms with E-state index in [-0.39, 0.29) is 6.04 Å². The molecule has 2 aromatic rings. The lowest BCUT2D eigenvalue weighted by atomic mass is 10.1. The van der Waals surface area contributed by atoms with Crippen LogP contribution in [0.25, 0.3) is 0 Å². The molecule has 0 fully saturated rings. The van der Waals surface area contributed by atoms with Crippen molar-refractivity contribution < 1.29 is 8.42 Å². The van der Waals surface area contributed by atoms with Gasteiger partial charge in [0.1, 0.15) is 4.21 Å². The van der Waals surface area contributed by atoms with Crippen molar-refractivity contribution in [1.82, 2.24) is 10.0 Å². The van der Waals surface area contributed by atoms with E-state index < -0.39 is 10.0 Å². The maximum absolute atomic E-state index is 12.4. The van der Waals surface area contributed by atoms with Crippen LogP contribution in [0.1, 0.15) is 16.7 Å². The zero-order chi connectivity index (χ0) is 14.9. The summed E-state index contributed by atoms with van der Waals surface area (Å²) in [6, 6.07) is 9.84. The van der Waals surface area contributed by atoms with Gasteiger partial charge >= 0.3 is 0 Å². The third-order valence-corrected chi connectivity index (χ3v) is 6.66. The zero-order valence-corrected chi connectivity index (χ0v) is 13.4. The highest BCUT2D eigenvalue weighted by Crippen LogP contribution is 2.25. The number of rotatable bonds is 5. The van der Waals surface area contributed by atoms with Gasteiger partial charge in [0.15, 0.2) is 0 Å².